The summed E-state index contributed by atoms with van der Waals surface area (Å²) in [6, 6.07) is 19.2. The number of nitro groups is 1. The van der Waals surface area contributed by atoms with Crippen molar-refractivity contribution in [2.45, 2.75) is 31.6 Å². The smallest absolute Gasteiger partial charge is 0.336 e. The molecule has 2 aliphatic rings. The Morgan fingerprint density at radius 1 is 1.05 bits per heavy atom. The first kappa shape index (κ1) is 25.4. The Balaban J connectivity index is 1.43. The number of ether oxygens (including phenoxy) is 2. The lowest BCUT2D eigenvalue weighted by Gasteiger charge is -2.36. The highest BCUT2D eigenvalue weighted by atomic mass is 32.1. The molecule has 1 aliphatic carbocycles. The molecule has 9 heteroatoms. The third-order valence-electron chi connectivity index (χ3n) is 6.76. The number of carbonyl (C=O) groups is 2. The number of ketones is 1. The monoisotopic (exact) mass is 530 g/mol. The fourth-order valence-electron chi connectivity index (χ4n) is 5.04. The number of hydrogen-bond acceptors (Lipinski definition) is 8. The van der Waals surface area contributed by atoms with E-state index >= 15 is 0 Å². The van der Waals surface area contributed by atoms with Crippen LogP contribution >= 0.6 is 11.3 Å². The first-order valence-electron chi connectivity index (χ1n) is 12.3. The van der Waals surface area contributed by atoms with E-state index in [0.29, 0.717) is 41.0 Å². The standard InChI is InChI=1S/C29H26N2O6S/c1-18-26(29(33)37-14-13-36-22-6-3-2-4-7-22)27(19-9-11-21(12-10-19)31(34)35)28-23(30-18)16-20(17-24(28)32)25-8-5-15-38-25/h2-12,15,20,27,30H,13-14,16-17H2,1H3/t20-,27+/m1/s1. The third-order valence-corrected chi connectivity index (χ3v) is 7.79. The molecule has 194 valence electrons. The summed E-state index contributed by atoms with van der Waals surface area (Å²) in [6.07, 6.45) is 0.965. The van der Waals surface area contributed by atoms with Gasteiger partial charge in [-0.3, -0.25) is 14.9 Å². The Labute approximate surface area is 223 Å². The van der Waals surface area contributed by atoms with Gasteiger partial charge in [-0.1, -0.05) is 36.4 Å². The molecule has 2 heterocycles. The van der Waals surface area contributed by atoms with Crippen molar-refractivity contribution in [1.82, 2.24) is 5.32 Å². The van der Waals surface area contributed by atoms with Crippen LogP contribution in [0.4, 0.5) is 5.69 Å². The van der Waals surface area contributed by atoms with Gasteiger partial charge in [0.1, 0.15) is 19.0 Å². The minimum atomic E-state index is -0.689. The van der Waals surface area contributed by atoms with Crippen molar-refractivity contribution in [2.24, 2.45) is 0 Å². The number of para-hydroxylation sites is 1. The summed E-state index contributed by atoms with van der Waals surface area (Å²) >= 11 is 1.62. The van der Waals surface area contributed by atoms with Crippen LogP contribution in [0.25, 0.3) is 0 Å². The van der Waals surface area contributed by atoms with Gasteiger partial charge < -0.3 is 14.8 Å². The number of non-ortho nitro benzene ring substituents is 1. The maximum Gasteiger partial charge on any atom is 0.336 e. The number of hydrogen-bond donors (Lipinski definition) is 1. The molecule has 0 radical (unpaired) electrons. The van der Waals surface area contributed by atoms with Crippen LogP contribution in [0.2, 0.25) is 0 Å². The number of allylic oxidation sites excluding steroid dienone is 3. The van der Waals surface area contributed by atoms with E-state index in [2.05, 4.69) is 5.32 Å². The van der Waals surface area contributed by atoms with Gasteiger partial charge in [0.2, 0.25) is 0 Å². The molecule has 8 nitrogen and oxygen atoms in total. The zero-order chi connectivity index (χ0) is 26.6. The number of rotatable bonds is 8. The van der Waals surface area contributed by atoms with Gasteiger partial charge in [0, 0.05) is 52.2 Å². The lowest BCUT2D eigenvalue weighted by Crippen LogP contribution is -2.36. The number of benzene rings is 2. The molecule has 1 aliphatic heterocycles. The van der Waals surface area contributed by atoms with E-state index in [-0.39, 0.29) is 30.6 Å². The van der Waals surface area contributed by atoms with Crippen LogP contribution in [-0.2, 0) is 14.3 Å². The van der Waals surface area contributed by atoms with Crippen LogP contribution in [0.5, 0.6) is 5.75 Å². The van der Waals surface area contributed by atoms with Crippen LogP contribution in [0.15, 0.2) is 94.7 Å². The van der Waals surface area contributed by atoms with E-state index in [1.807, 2.05) is 47.8 Å². The largest absolute Gasteiger partial charge is 0.490 e. The summed E-state index contributed by atoms with van der Waals surface area (Å²) in [5.41, 5.74) is 2.78. The minimum Gasteiger partial charge on any atom is -0.490 e. The molecule has 1 aromatic heterocycles. The van der Waals surface area contributed by atoms with Crippen molar-refractivity contribution >= 4 is 28.8 Å². The molecule has 0 fully saturated rings. The highest BCUT2D eigenvalue weighted by Crippen LogP contribution is 2.46. The molecule has 38 heavy (non-hydrogen) atoms. The molecule has 0 unspecified atom stereocenters. The molecule has 0 spiro atoms. The molecule has 0 amide bonds. The van der Waals surface area contributed by atoms with Crippen LogP contribution in [0.1, 0.15) is 42.0 Å². The summed E-state index contributed by atoms with van der Waals surface area (Å²) in [5.74, 6) is -0.570. The molecule has 5 rings (SSSR count). The third kappa shape index (κ3) is 5.24. The van der Waals surface area contributed by atoms with E-state index in [4.69, 9.17) is 9.47 Å². The predicted molar refractivity (Wildman–Crippen MR) is 143 cm³/mol. The number of nitro benzene ring substituents is 1. The van der Waals surface area contributed by atoms with Gasteiger partial charge in [0.15, 0.2) is 5.78 Å². The molecule has 3 aromatic rings. The quantitative estimate of drug-likeness (QED) is 0.174. The van der Waals surface area contributed by atoms with Gasteiger partial charge in [-0.25, -0.2) is 4.79 Å². The first-order chi connectivity index (χ1) is 18.4. The second-order valence-corrected chi connectivity index (χ2v) is 10.2. The molecule has 2 aromatic carbocycles. The first-order valence-corrected chi connectivity index (χ1v) is 13.2. The zero-order valence-corrected chi connectivity index (χ0v) is 21.5. The minimum absolute atomic E-state index is 0.0256. The maximum atomic E-state index is 13.6. The van der Waals surface area contributed by atoms with Crippen molar-refractivity contribution in [3.8, 4) is 5.75 Å². The second kappa shape index (κ2) is 11.0. The highest BCUT2D eigenvalue weighted by molar-refractivity contribution is 7.10. The van der Waals surface area contributed by atoms with E-state index in [0.717, 1.165) is 10.6 Å². The summed E-state index contributed by atoms with van der Waals surface area (Å²) in [4.78, 5) is 38.9. The highest BCUT2D eigenvalue weighted by Gasteiger charge is 2.41. The molecule has 1 N–H and O–H groups in total. The van der Waals surface area contributed by atoms with Crippen molar-refractivity contribution in [2.75, 3.05) is 13.2 Å². The Bertz CT molecular complexity index is 1410. The van der Waals surface area contributed by atoms with E-state index in [9.17, 15) is 19.7 Å². The van der Waals surface area contributed by atoms with Crippen molar-refractivity contribution in [3.05, 3.63) is 115 Å². The summed E-state index contributed by atoms with van der Waals surface area (Å²) in [7, 11) is 0. The van der Waals surface area contributed by atoms with Gasteiger partial charge in [-0.2, -0.15) is 0 Å². The number of nitrogens with zero attached hydrogens (tertiary/aromatic N) is 1. The number of esters is 1. The number of thiophene rings is 1. The van der Waals surface area contributed by atoms with Crippen molar-refractivity contribution < 1.29 is 24.0 Å². The molecule has 0 bridgehead atoms. The van der Waals surface area contributed by atoms with Gasteiger partial charge >= 0.3 is 5.97 Å². The second-order valence-electron chi connectivity index (χ2n) is 9.18. The summed E-state index contributed by atoms with van der Waals surface area (Å²) in [5, 5.41) is 16.5. The number of Topliss-reactive ketones (excluding diaryl/α,β-unsaturated/α-hetero) is 1. The Kier molecular flexibility index (Phi) is 7.37. The predicted octanol–water partition coefficient (Wildman–Crippen LogP) is 5.64. The number of dihydropyridines is 1. The van der Waals surface area contributed by atoms with Crippen LogP contribution in [0.3, 0.4) is 0 Å². The molecule has 2 atom stereocenters. The van der Waals surface area contributed by atoms with Crippen molar-refractivity contribution in [3.63, 3.8) is 0 Å². The van der Waals surface area contributed by atoms with E-state index in [1.54, 1.807) is 30.4 Å². The van der Waals surface area contributed by atoms with E-state index < -0.39 is 16.8 Å². The maximum absolute atomic E-state index is 13.6. The molecular formula is C29H26N2O6S. The van der Waals surface area contributed by atoms with Gasteiger partial charge in [0.25, 0.3) is 5.69 Å². The van der Waals surface area contributed by atoms with Crippen molar-refractivity contribution in [1.29, 1.82) is 0 Å². The summed E-state index contributed by atoms with van der Waals surface area (Å²) in [6.45, 7) is 1.99. The van der Waals surface area contributed by atoms with Gasteiger partial charge in [0.05, 0.1) is 10.5 Å². The average molecular weight is 531 g/mol. The SMILES string of the molecule is CC1=C(C(=O)OCCOc2ccccc2)[C@H](c2ccc([N+](=O)[O-])cc2)C2=C(C[C@@H](c3cccs3)CC2=O)N1. The topological polar surface area (TPSA) is 108 Å². The number of nitrogens with one attached hydrogen (secondary N) is 1. The van der Waals surface area contributed by atoms with Gasteiger partial charge in [-0.05, 0) is 42.5 Å². The lowest BCUT2D eigenvalue weighted by atomic mass is 9.72. The molecule has 0 saturated heterocycles. The average Bonchev–Trinajstić information content (AvgIpc) is 3.46. The zero-order valence-electron chi connectivity index (χ0n) is 20.7. The fourth-order valence-corrected chi connectivity index (χ4v) is 5.88. The normalized spacial score (nSPS) is 19.0. The van der Waals surface area contributed by atoms with Gasteiger partial charge in [-0.15, -0.1) is 11.3 Å². The molecular weight excluding hydrogens is 504 g/mol. The summed E-state index contributed by atoms with van der Waals surface area (Å²) < 4.78 is 11.2. The van der Waals surface area contributed by atoms with Crippen LogP contribution in [-0.4, -0.2) is 29.9 Å². The Morgan fingerprint density at radius 3 is 2.50 bits per heavy atom. The van der Waals surface area contributed by atoms with Crippen LogP contribution in [0, 0.1) is 10.1 Å². The molecule has 0 saturated carbocycles. The fraction of sp³-hybridized carbons (Fsp3) is 0.241. The Morgan fingerprint density at radius 2 is 1.82 bits per heavy atom. The Hall–Kier alpha value is -4.24. The van der Waals surface area contributed by atoms with E-state index in [1.165, 1.54) is 12.1 Å². The lowest BCUT2D eigenvalue weighted by molar-refractivity contribution is -0.384. The number of carbonyl (C=O) groups excluding carboxylic acids is 2. The van der Waals surface area contributed by atoms with Crippen LogP contribution < -0.4 is 10.1 Å².